The third-order valence-corrected chi connectivity index (χ3v) is 6.86. The van der Waals surface area contributed by atoms with Gasteiger partial charge in [-0.2, -0.15) is 0 Å². The molecule has 4 heteroatoms. The van der Waals surface area contributed by atoms with Crippen molar-refractivity contribution in [3.63, 3.8) is 0 Å². The Bertz CT molecular complexity index is 853. The maximum absolute atomic E-state index is 6.30. The highest BCUT2D eigenvalue weighted by atomic mass is 16.5. The quantitative estimate of drug-likeness (QED) is 0.655. The maximum Gasteiger partial charge on any atom is 0.100 e. The lowest BCUT2D eigenvalue weighted by Crippen LogP contribution is -2.44. The smallest absolute Gasteiger partial charge is 0.100 e. The Balaban J connectivity index is 1.56. The van der Waals surface area contributed by atoms with E-state index in [0.29, 0.717) is 11.8 Å². The van der Waals surface area contributed by atoms with Crippen molar-refractivity contribution in [1.29, 1.82) is 0 Å². The molecule has 0 saturated carbocycles. The Morgan fingerprint density at radius 1 is 0.742 bits per heavy atom. The second-order valence-corrected chi connectivity index (χ2v) is 9.85. The second-order valence-electron chi connectivity index (χ2n) is 9.85. The molecule has 2 aliphatic rings. The van der Waals surface area contributed by atoms with Crippen LogP contribution in [0.1, 0.15) is 62.3 Å². The zero-order valence-corrected chi connectivity index (χ0v) is 20.0. The van der Waals surface area contributed by atoms with Gasteiger partial charge >= 0.3 is 0 Å². The van der Waals surface area contributed by atoms with Crippen LogP contribution in [0.25, 0.3) is 0 Å². The average molecular weight is 422 g/mol. The number of rotatable bonds is 5. The summed E-state index contributed by atoms with van der Waals surface area (Å²) in [6.45, 7) is 16.1. The maximum atomic E-state index is 6.30. The topological polar surface area (TPSA) is 19.0 Å². The average Bonchev–Trinajstić information content (AvgIpc) is 2.79. The number of likely N-dealkylation sites (N-methyl/N-ethyl adjacent to an activating group) is 1. The van der Waals surface area contributed by atoms with E-state index in [9.17, 15) is 0 Å². The third kappa shape index (κ3) is 5.24. The van der Waals surface area contributed by atoms with Crippen molar-refractivity contribution in [3.8, 4) is 0 Å². The second kappa shape index (κ2) is 9.62. The van der Waals surface area contributed by atoms with Crippen LogP contribution in [0, 0.1) is 0 Å². The van der Waals surface area contributed by atoms with Gasteiger partial charge in [0.2, 0.25) is 0 Å². The van der Waals surface area contributed by atoms with E-state index < -0.39 is 0 Å². The first kappa shape index (κ1) is 22.2. The summed E-state index contributed by atoms with van der Waals surface area (Å²) in [5, 5.41) is 0. The fraction of sp³-hybridized carbons (Fsp3) is 0.556. The predicted octanol–water partition coefficient (Wildman–Crippen LogP) is 5.26. The van der Waals surface area contributed by atoms with Gasteiger partial charge in [-0.3, -0.25) is 0 Å². The largest absolute Gasteiger partial charge is 0.370 e. The van der Waals surface area contributed by atoms with Crippen LogP contribution in [0.3, 0.4) is 0 Å². The van der Waals surface area contributed by atoms with E-state index in [4.69, 9.17) is 4.74 Å². The highest BCUT2D eigenvalue weighted by molar-refractivity contribution is 5.54. The van der Waals surface area contributed by atoms with Crippen molar-refractivity contribution in [2.24, 2.45) is 0 Å². The Kier molecular flexibility index (Phi) is 6.88. The molecule has 1 unspecified atom stereocenters. The number of piperazine rings is 1. The molecule has 2 saturated heterocycles. The number of hydrogen-bond donors (Lipinski definition) is 0. The Morgan fingerprint density at radius 2 is 1.42 bits per heavy atom. The Hall–Kier alpha value is -2.04. The Morgan fingerprint density at radius 3 is 2.06 bits per heavy atom. The highest BCUT2D eigenvalue weighted by Gasteiger charge is 2.25. The van der Waals surface area contributed by atoms with Gasteiger partial charge < -0.3 is 19.4 Å². The van der Waals surface area contributed by atoms with Crippen LogP contribution < -0.4 is 9.80 Å². The molecule has 2 aromatic rings. The fourth-order valence-electron chi connectivity index (χ4n) is 4.58. The lowest BCUT2D eigenvalue weighted by Gasteiger charge is -2.37. The number of benzene rings is 2. The van der Waals surface area contributed by atoms with Crippen molar-refractivity contribution in [2.75, 3.05) is 62.7 Å². The molecule has 2 fully saturated rings. The molecule has 2 aliphatic heterocycles. The van der Waals surface area contributed by atoms with Gasteiger partial charge in [-0.25, -0.2) is 0 Å². The van der Waals surface area contributed by atoms with Crippen LogP contribution in [-0.2, 0) is 4.74 Å². The van der Waals surface area contributed by atoms with Gasteiger partial charge in [0.15, 0.2) is 0 Å². The van der Waals surface area contributed by atoms with Gasteiger partial charge in [-0.1, -0.05) is 45.9 Å². The van der Waals surface area contributed by atoms with Crippen LogP contribution in [0.2, 0.25) is 0 Å². The minimum atomic E-state index is 0.114. The summed E-state index contributed by atoms with van der Waals surface area (Å²) in [4.78, 5) is 7.44. The van der Waals surface area contributed by atoms with Crippen LogP contribution in [0.5, 0.6) is 0 Å². The molecule has 0 amide bonds. The normalized spacial score (nSPS) is 20.7. The van der Waals surface area contributed by atoms with Crippen LogP contribution in [-0.4, -0.2) is 57.8 Å². The summed E-state index contributed by atoms with van der Waals surface area (Å²) in [5.74, 6) is 1.08. The first-order chi connectivity index (χ1) is 14.9. The molecule has 0 aliphatic carbocycles. The van der Waals surface area contributed by atoms with E-state index >= 15 is 0 Å². The van der Waals surface area contributed by atoms with E-state index in [1.165, 1.54) is 28.1 Å². The summed E-state index contributed by atoms with van der Waals surface area (Å²) < 4.78 is 6.30. The molecule has 0 bridgehead atoms. The van der Waals surface area contributed by atoms with E-state index in [2.05, 4.69) is 91.9 Å². The van der Waals surface area contributed by atoms with Crippen molar-refractivity contribution >= 4 is 11.4 Å². The number of morpholine rings is 1. The van der Waals surface area contributed by atoms with E-state index in [0.717, 1.165) is 45.9 Å². The number of nitrogens with zero attached hydrogens (tertiary/aromatic N) is 3. The molecule has 168 valence electrons. The molecule has 4 nitrogen and oxygen atoms in total. The molecule has 0 radical (unpaired) electrons. The van der Waals surface area contributed by atoms with Crippen molar-refractivity contribution in [2.45, 2.75) is 45.6 Å². The molecular formula is C27H39N3O. The van der Waals surface area contributed by atoms with Crippen molar-refractivity contribution < 1.29 is 4.74 Å². The van der Waals surface area contributed by atoms with Crippen molar-refractivity contribution in [3.05, 3.63) is 59.2 Å². The molecule has 0 spiro atoms. The minimum absolute atomic E-state index is 0.114. The first-order valence-corrected chi connectivity index (χ1v) is 12.0. The van der Waals surface area contributed by atoms with Crippen LogP contribution >= 0.6 is 0 Å². The number of anilines is 2. The highest BCUT2D eigenvalue weighted by Crippen LogP contribution is 2.32. The van der Waals surface area contributed by atoms with Crippen LogP contribution in [0.15, 0.2) is 42.5 Å². The SMILES string of the molecule is CC(C)c1ccc(N2CCOC(c3cc(C(C)C)cc(N4CCN(C)CC4)c3)C2)cc1. The van der Waals surface area contributed by atoms with Gasteiger partial charge in [0, 0.05) is 50.6 Å². The number of hydrogen-bond acceptors (Lipinski definition) is 4. The van der Waals surface area contributed by atoms with E-state index in [1.807, 2.05) is 0 Å². The monoisotopic (exact) mass is 421 g/mol. The van der Waals surface area contributed by atoms with Gasteiger partial charge in [0.05, 0.1) is 6.61 Å². The molecule has 31 heavy (non-hydrogen) atoms. The molecule has 2 aromatic carbocycles. The molecular weight excluding hydrogens is 382 g/mol. The van der Waals surface area contributed by atoms with E-state index in [-0.39, 0.29) is 6.10 Å². The molecule has 0 N–H and O–H groups in total. The molecule has 0 aromatic heterocycles. The third-order valence-electron chi connectivity index (χ3n) is 6.86. The molecule has 1 atom stereocenters. The minimum Gasteiger partial charge on any atom is -0.370 e. The van der Waals surface area contributed by atoms with Gasteiger partial charge in [0.25, 0.3) is 0 Å². The van der Waals surface area contributed by atoms with Gasteiger partial charge in [-0.05, 0) is 59.8 Å². The summed E-state index contributed by atoms with van der Waals surface area (Å²) in [7, 11) is 2.21. The predicted molar refractivity (Wildman–Crippen MR) is 132 cm³/mol. The molecule has 2 heterocycles. The fourth-order valence-corrected chi connectivity index (χ4v) is 4.58. The van der Waals surface area contributed by atoms with Gasteiger partial charge in [0.1, 0.15) is 6.10 Å². The van der Waals surface area contributed by atoms with Crippen LogP contribution in [0.4, 0.5) is 11.4 Å². The zero-order chi connectivity index (χ0) is 22.0. The summed E-state index contributed by atoms with van der Waals surface area (Å²) in [6, 6.07) is 16.2. The Labute approximate surface area is 188 Å². The lowest BCUT2D eigenvalue weighted by atomic mass is 9.96. The van der Waals surface area contributed by atoms with Gasteiger partial charge in [-0.15, -0.1) is 0 Å². The van der Waals surface area contributed by atoms with E-state index in [1.54, 1.807) is 0 Å². The first-order valence-electron chi connectivity index (χ1n) is 12.0. The molecule has 4 rings (SSSR count). The summed E-state index contributed by atoms with van der Waals surface area (Å²) in [5.41, 5.74) is 6.79. The summed E-state index contributed by atoms with van der Waals surface area (Å²) in [6.07, 6.45) is 0.114. The zero-order valence-electron chi connectivity index (χ0n) is 20.0. The lowest BCUT2D eigenvalue weighted by molar-refractivity contribution is 0.0397. The summed E-state index contributed by atoms with van der Waals surface area (Å²) >= 11 is 0. The standard InChI is InChI=1S/C27H39N3O/c1-20(2)22-6-8-25(9-7-22)30-14-15-31-27(19-30)24-16-23(21(3)4)17-26(18-24)29-12-10-28(5)11-13-29/h6-9,16-18,20-21,27H,10-15,19H2,1-5H3. The number of ether oxygens (including phenoxy) is 1. The van der Waals surface area contributed by atoms with Crippen molar-refractivity contribution in [1.82, 2.24) is 4.90 Å².